The summed E-state index contributed by atoms with van der Waals surface area (Å²) < 4.78 is 5.08. The highest BCUT2D eigenvalue weighted by atomic mass is 16.5. The van der Waals surface area contributed by atoms with E-state index in [0.29, 0.717) is 17.3 Å². The molecule has 0 saturated heterocycles. The molecule has 2 N–H and O–H groups in total. The van der Waals surface area contributed by atoms with Crippen molar-refractivity contribution in [3.63, 3.8) is 0 Å². The second-order valence-corrected chi connectivity index (χ2v) is 5.46. The predicted molar refractivity (Wildman–Crippen MR) is 80.9 cm³/mol. The average molecular weight is 297 g/mol. The average Bonchev–Trinajstić information content (AvgIpc) is 2.88. The van der Waals surface area contributed by atoms with E-state index in [1.807, 2.05) is 0 Å². The number of H-pyrrole nitrogens is 2. The summed E-state index contributed by atoms with van der Waals surface area (Å²) in [5.41, 5.74) is 2.86. The number of aromatic amines is 2. The summed E-state index contributed by atoms with van der Waals surface area (Å²) in [6.45, 7) is 0. The number of methoxy groups -OCH3 is 1. The summed E-state index contributed by atoms with van der Waals surface area (Å²) >= 11 is 0. The Balaban J connectivity index is 1.98. The van der Waals surface area contributed by atoms with E-state index in [2.05, 4.69) is 25.1 Å². The number of rotatable bonds is 3. The van der Waals surface area contributed by atoms with Crippen LogP contribution in [-0.2, 0) is 0 Å². The smallest absolute Gasteiger partial charge is 0.316 e. The van der Waals surface area contributed by atoms with Crippen molar-refractivity contribution in [2.45, 2.75) is 25.2 Å². The van der Waals surface area contributed by atoms with Gasteiger partial charge in [0.25, 0.3) is 0 Å². The van der Waals surface area contributed by atoms with Crippen molar-refractivity contribution in [3.05, 3.63) is 34.4 Å². The van der Waals surface area contributed by atoms with Crippen LogP contribution in [0.25, 0.3) is 22.3 Å². The fourth-order valence-electron chi connectivity index (χ4n) is 2.86. The lowest BCUT2D eigenvalue weighted by atomic mass is 9.81. The predicted octanol–water partition coefficient (Wildman–Crippen LogP) is 1.98. The molecule has 0 amide bonds. The Hall–Kier alpha value is -2.70. The molecule has 3 aromatic rings. The van der Waals surface area contributed by atoms with Crippen LogP contribution in [0, 0.1) is 0 Å². The first-order chi connectivity index (χ1) is 10.8. The highest BCUT2D eigenvalue weighted by Crippen LogP contribution is 2.40. The molecule has 1 aliphatic carbocycles. The van der Waals surface area contributed by atoms with Gasteiger partial charge in [-0.3, -0.25) is 9.89 Å². The Morgan fingerprint density at radius 3 is 2.95 bits per heavy atom. The normalized spacial score (nSPS) is 15.0. The number of aromatic nitrogens is 5. The van der Waals surface area contributed by atoms with Crippen molar-refractivity contribution in [3.8, 4) is 17.3 Å². The van der Waals surface area contributed by atoms with E-state index < -0.39 is 0 Å². The molecule has 1 fully saturated rings. The van der Waals surface area contributed by atoms with Gasteiger partial charge in [-0.15, -0.1) is 0 Å². The number of fused-ring (bicyclic) bond motifs is 1. The molecule has 0 aromatic carbocycles. The van der Waals surface area contributed by atoms with Crippen molar-refractivity contribution < 1.29 is 4.74 Å². The second kappa shape index (κ2) is 4.94. The van der Waals surface area contributed by atoms with Gasteiger partial charge >= 0.3 is 6.01 Å². The molecule has 4 rings (SSSR count). The highest BCUT2D eigenvalue weighted by molar-refractivity contribution is 5.93. The molecule has 7 nitrogen and oxygen atoms in total. The van der Waals surface area contributed by atoms with Crippen LogP contribution >= 0.6 is 0 Å². The fraction of sp³-hybridized carbons (Fsp3) is 0.333. The minimum Gasteiger partial charge on any atom is -0.467 e. The Kier molecular flexibility index (Phi) is 2.92. The fourth-order valence-corrected chi connectivity index (χ4v) is 2.86. The number of nitrogens with one attached hydrogen (secondary N) is 2. The van der Waals surface area contributed by atoms with Crippen LogP contribution < -0.4 is 10.3 Å². The number of hydrogen-bond acceptors (Lipinski definition) is 5. The van der Waals surface area contributed by atoms with Gasteiger partial charge in [0.05, 0.1) is 12.8 Å². The van der Waals surface area contributed by atoms with Gasteiger partial charge in [-0.2, -0.15) is 10.1 Å². The zero-order valence-electron chi connectivity index (χ0n) is 12.1. The Morgan fingerprint density at radius 1 is 1.36 bits per heavy atom. The van der Waals surface area contributed by atoms with Gasteiger partial charge in [0.15, 0.2) is 5.65 Å². The summed E-state index contributed by atoms with van der Waals surface area (Å²) in [7, 11) is 1.52. The maximum atomic E-state index is 11.9. The van der Waals surface area contributed by atoms with Crippen molar-refractivity contribution in [1.29, 1.82) is 0 Å². The molecule has 0 atom stereocenters. The summed E-state index contributed by atoms with van der Waals surface area (Å²) in [5, 5.41) is 8.28. The van der Waals surface area contributed by atoms with Gasteiger partial charge in [0.2, 0.25) is 5.56 Å². The topological polar surface area (TPSA) is 96.5 Å². The second-order valence-electron chi connectivity index (χ2n) is 5.46. The van der Waals surface area contributed by atoms with Gasteiger partial charge in [0, 0.05) is 34.8 Å². The first kappa shape index (κ1) is 13.0. The molecule has 112 valence electrons. The summed E-state index contributed by atoms with van der Waals surface area (Å²) in [6.07, 6.45) is 5.13. The van der Waals surface area contributed by atoms with Crippen LogP contribution in [0.15, 0.2) is 23.1 Å². The molecule has 0 bridgehead atoms. The van der Waals surface area contributed by atoms with Crippen LogP contribution in [-0.4, -0.2) is 32.3 Å². The maximum absolute atomic E-state index is 11.9. The van der Waals surface area contributed by atoms with Crippen LogP contribution in [0.2, 0.25) is 0 Å². The Morgan fingerprint density at radius 2 is 2.23 bits per heavy atom. The van der Waals surface area contributed by atoms with Crippen LogP contribution in [0.4, 0.5) is 0 Å². The molecule has 0 aliphatic heterocycles. The van der Waals surface area contributed by atoms with Crippen molar-refractivity contribution in [2.75, 3.05) is 7.11 Å². The first-order valence-electron chi connectivity index (χ1n) is 7.25. The third kappa shape index (κ3) is 1.97. The molecular weight excluding hydrogens is 282 g/mol. The van der Waals surface area contributed by atoms with Gasteiger partial charge < -0.3 is 9.72 Å². The summed E-state index contributed by atoms with van der Waals surface area (Å²) in [6, 6.07) is 3.61. The van der Waals surface area contributed by atoms with E-state index >= 15 is 0 Å². The first-order valence-corrected chi connectivity index (χ1v) is 7.25. The third-order valence-electron chi connectivity index (χ3n) is 4.19. The number of pyridine rings is 1. The van der Waals surface area contributed by atoms with Gasteiger partial charge in [-0.25, -0.2) is 4.98 Å². The summed E-state index contributed by atoms with van der Waals surface area (Å²) in [4.78, 5) is 23.1. The molecule has 3 aromatic heterocycles. The lowest BCUT2D eigenvalue weighted by Gasteiger charge is -2.24. The molecule has 7 heteroatoms. The highest BCUT2D eigenvalue weighted by Gasteiger charge is 2.26. The molecule has 1 saturated carbocycles. The molecule has 0 radical (unpaired) electrons. The standard InChI is InChI=1S/C15H15N5O2/c1-22-15-16-6-5-10(17-15)9-7-11(21)18-14-12(9)13(19-20-14)8-3-2-4-8/h5-8H,2-4H2,1H3,(H2,18,19,20,21). The van der Waals surface area contributed by atoms with E-state index in [-0.39, 0.29) is 11.6 Å². The Bertz CT molecular complexity index is 894. The van der Waals surface area contributed by atoms with Gasteiger partial charge in [0.1, 0.15) is 0 Å². The maximum Gasteiger partial charge on any atom is 0.316 e. The lowest BCUT2D eigenvalue weighted by Crippen LogP contribution is -2.11. The molecule has 1 aliphatic rings. The summed E-state index contributed by atoms with van der Waals surface area (Å²) in [5.74, 6) is 0.471. The van der Waals surface area contributed by atoms with Crippen LogP contribution in [0.5, 0.6) is 6.01 Å². The minimum atomic E-state index is -0.202. The zero-order valence-corrected chi connectivity index (χ0v) is 12.1. The van der Waals surface area contributed by atoms with Gasteiger partial charge in [-0.1, -0.05) is 6.42 Å². The number of ether oxygens (including phenoxy) is 1. The lowest BCUT2D eigenvalue weighted by molar-refractivity contribution is 0.380. The van der Waals surface area contributed by atoms with E-state index in [4.69, 9.17) is 4.74 Å². The van der Waals surface area contributed by atoms with Crippen molar-refractivity contribution >= 4 is 11.0 Å². The zero-order chi connectivity index (χ0) is 15.1. The van der Waals surface area contributed by atoms with Crippen molar-refractivity contribution in [2.24, 2.45) is 0 Å². The van der Waals surface area contributed by atoms with Crippen molar-refractivity contribution in [1.82, 2.24) is 25.1 Å². The van der Waals surface area contributed by atoms with Gasteiger partial charge in [-0.05, 0) is 18.9 Å². The Labute approximate surface area is 125 Å². The van der Waals surface area contributed by atoms with E-state index in [0.717, 1.165) is 29.5 Å². The molecule has 0 spiro atoms. The molecule has 22 heavy (non-hydrogen) atoms. The molecule has 0 unspecified atom stereocenters. The molecule has 3 heterocycles. The minimum absolute atomic E-state index is 0.202. The number of hydrogen-bond donors (Lipinski definition) is 2. The quantitative estimate of drug-likeness (QED) is 0.770. The van der Waals surface area contributed by atoms with Crippen LogP contribution in [0.3, 0.4) is 0 Å². The largest absolute Gasteiger partial charge is 0.467 e. The number of nitrogens with zero attached hydrogens (tertiary/aromatic N) is 3. The molecular formula is C15H15N5O2. The monoisotopic (exact) mass is 297 g/mol. The van der Waals surface area contributed by atoms with Crippen LogP contribution in [0.1, 0.15) is 30.9 Å². The third-order valence-corrected chi connectivity index (χ3v) is 4.19. The SMILES string of the molecule is COc1nccc(-c2cc(=O)[nH]c3n[nH]c(C4CCC4)c23)n1. The van der Waals surface area contributed by atoms with E-state index in [1.165, 1.54) is 13.5 Å². The van der Waals surface area contributed by atoms with E-state index in [9.17, 15) is 4.79 Å². The van der Waals surface area contributed by atoms with E-state index in [1.54, 1.807) is 18.3 Å².